The number of benzene rings is 1. The van der Waals surface area contributed by atoms with Gasteiger partial charge in [-0.3, -0.25) is 4.79 Å². The quantitative estimate of drug-likeness (QED) is 0.341. The zero-order valence-electron chi connectivity index (χ0n) is 6.28. The summed E-state index contributed by atoms with van der Waals surface area (Å²) < 4.78 is 0.762. The van der Waals surface area contributed by atoms with Crippen molar-refractivity contribution in [3.05, 3.63) is 31.3 Å². The summed E-state index contributed by atoms with van der Waals surface area (Å²) in [6.07, 6.45) is 0. The number of hydrogen-bond donors (Lipinski definition) is 0. The van der Waals surface area contributed by atoms with Crippen LogP contribution in [0.25, 0.3) is 0 Å². The molecule has 0 aliphatic rings. The van der Waals surface area contributed by atoms with Gasteiger partial charge in [-0.05, 0) is 34.7 Å². The Morgan fingerprint density at radius 1 is 1.31 bits per heavy atom. The third kappa shape index (κ3) is 2.72. The van der Waals surface area contributed by atoms with Gasteiger partial charge in [0.1, 0.15) is 0 Å². The molecule has 0 fully saturated rings. The van der Waals surface area contributed by atoms with Crippen LogP contribution < -0.4 is 0 Å². The van der Waals surface area contributed by atoms with Crippen LogP contribution in [0.3, 0.4) is 0 Å². The Hall–Kier alpha value is 0.490. The van der Waals surface area contributed by atoms with Crippen molar-refractivity contribution in [1.29, 1.82) is 0 Å². The molecule has 0 N–H and O–H groups in total. The number of Topliss-reactive ketones (excluding diaryl/α,β-unsaturated/α-hetero) is 1. The summed E-state index contributed by atoms with van der Waals surface area (Å²) in [7, 11) is 0. The lowest BCUT2D eigenvalue weighted by atomic mass is 10.1. The normalized spacial score (nSPS) is 10.2. The summed E-state index contributed by atoms with van der Waals surface area (Å²) in [6.45, 7) is 0. The van der Waals surface area contributed by atoms with Crippen molar-refractivity contribution < 1.29 is 4.79 Å². The van der Waals surface area contributed by atoms with Crippen molar-refractivity contribution >= 4 is 63.2 Å². The highest BCUT2D eigenvalue weighted by Crippen LogP contribution is 2.27. The van der Waals surface area contributed by atoms with E-state index in [1.165, 1.54) is 6.07 Å². The Morgan fingerprint density at radius 3 is 2.38 bits per heavy atom. The average molecular weight is 349 g/mol. The number of rotatable bonds is 2. The zero-order chi connectivity index (χ0) is 10.0. The second-order valence-electron chi connectivity index (χ2n) is 2.30. The zero-order valence-corrected chi connectivity index (χ0v) is 10.7. The molecule has 1 aromatic rings. The third-order valence-corrected chi connectivity index (χ3v) is 3.29. The summed E-state index contributed by atoms with van der Waals surface area (Å²) in [4.78, 5) is 11.3. The smallest absolute Gasteiger partial charge is 0.178 e. The Labute approximate surface area is 104 Å². The largest absolute Gasteiger partial charge is 0.293 e. The molecule has 5 heteroatoms. The summed E-state index contributed by atoms with van der Waals surface area (Å²) in [6, 6.07) is 3.18. The van der Waals surface area contributed by atoms with Gasteiger partial charge in [0.2, 0.25) is 0 Å². The lowest BCUT2D eigenvalue weighted by molar-refractivity contribution is 0.102. The van der Waals surface area contributed by atoms with Gasteiger partial charge in [0.05, 0.1) is 15.9 Å². The highest BCUT2D eigenvalue weighted by molar-refractivity contribution is 14.1. The second-order valence-corrected chi connectivity index (χ2v) is 4.55. The van der Waals surface area contributed by atoms with E-state index in [4.69, 9.17) is 34.8 Å². The predicted octanol–water partition coefficient (Wildman–Crippen LogP) is 4.02. The van der Waals surface area contributed by atoms with Crippen LogP contribution in [0.1, 0.15) is 10.4 Å². The van der Waals surface area contributed by atoms with E-state index < -0.39 is 0 Å². The summed E-state index contributed by atoms with van der Waals surface area (Å²) in [5.74, 6) is -0.196. The van der Waals surface area contributed by atoms with E-state index >= 15 is 0 Å². The molecule has 70 valence electrons. The van der Waals surface area contributed by atoms with E-state index in [9.17, 15) is 4.79 Å². The summed E-state index contributed by atoms with van der Waals surface area (Å²) in [5.41, 5.74) is 0.519. The Morgan fingerprint density at radius 2 is 1.85 bits per heavy atom. The molecule has 0 saturated carbocycles. The van der Waals surface area contributed by atoms with Crippen LogP contribution in [0.4, 0.5) is 0 Å². The van der Waals surface area contributed by atoms with Crippen LogP contribution >= 0.6 is 57.4 Å². The van der Waals surface area contributed by atoms with Crippen LogP contribution in [0.5, 0.6) is 0 Å². The van der Waals surface area contributed by atoms with Crippen LogP contribution in [0.2, 0.25) is 10.0 Å². The molecule has 1 nitrogen and oxygen atoms in total. The minimum atomic E-state index is -0.148. The molecule has 1 rings (SSSR count). The number of hydrogen-bond acceptors (Lipinski definition) is 1. The molecule has 0 aromatic heterocycles. The molecule has 0 spiro atoms. The monoisotopic (exact) mass is 348 g/mol. The number of carbonyl (C=O) groups is 1. The molecule has 13 heavy (non-hydrogen) atoms. The maximum absolute atomic E-state index is 11.3. The third-order valence-electron chi connectivity index (χ3n) is 1.43. The maximum Gasteiger partial charge on any atom is 0.178 e. The highest BCUT2D eigenvalue weighted by Gasteiger charge is 2.11. The van der Waals surface area contributed by atoms with Crippen molar-refractivity contribution in [2.24, 2.45) is 0 Å². The summed E-state index contributed by atoms with van der Waals surface area (Å²) in [5, 5.41) is 0.813. The molecule has 0 aliphatic heterocycles. The van der Waals surface area contributed by atoms with Gasteiger partial charge < -0.3 is 0 Å². The lowest BCUT2D eigenvalue weighted by Gasteiger charge is -2.03. The predicted molar refractivity (Wildman–Crippen MR) is 64.2 cm³/mol. The van der Waals surface area contributed by atoms with Crippen LogP contribution in [-0.2, 0) is 0 Å². The van der Waals surface area contributed by atoms with Gasteiger partial charge in [0, 0.05) is 9.13 Å². The second kappa shape index (κ2) is 4.82. The Kier molecular flexibility index (Phi) is 4.29. The molecule has 0 amide bonds. The average Bonchev–Trinajstić information content (AvgIpc) is 2.10. The van der Waals surface area contributed by atoms with Crippen molar-refractivity contribution in [3.8, 4) is 0 Å². The molecule has 0 aliphatic carbocycles. The van der Waals surface area contributed by atoms with Crippen molar-refractivity contribution in [3.63, 3.8) is 0 Å². The number of halogens is 4. The Bertz CT molecular complexity index is 351. The molecular weight excluding hydrogens is 345 g/mol. The van der Waals surface area contributed by atoms with Crippen molar-refractivity contribution in [2.45, 2.75) is 0 Å². The topological polar surface area (TPSA) is 17.1 Å². The fourth-order valence-corrected chi connectivity index (χ4v) is 2.23. The molecule has 0 radical (unpaired) electrons. The fraction of sp³-hybridized carbons (Fsp3) is 0.125. The van der Waals surface area contributed by atoms with E-state index in [-0.39, 0.29) is 11.7 Å². The van der Waals surface area contributed by atoms with Gasteiger partial charge in [0.15, 0.2) is 5.78 Å². The minimum absolute atomic E-state index is 0.0477. The minimum Gasteiger partial charge on any atom is -0.293 e. The van der Waals surface area contributed by atoms with E-state index in [0.717, 1.165) is 3.57 Å². The molecule has 0 unspecified atom stereocenters. The number of alkyl halides is 1. The standard InChI is InChI=1S/C8H4Cl3IO/c9-3-8(13)4-1-5(10)6(11)2-7(4)12/h1-2H,3H2. The molecule has 0 heterocycles. The van der Waals surface area contributed by atoms with Crippen LogP contribution in [-0.4, -0.2) is 11.7 Å². The van der Waals surface area contributed by atoms with E-state index in [0.29, 0.717) is 15.6 Å². The van der Waals surface area contributed by atoms with Crippen LogP contribution in [0, 0.1) is 3.57 Å². The van der Waals surface area contributed by atoms with E-state index in [2.05, 4.69) is 0 Å². The highest BCUT2D eigenvalue weighted by atomic mass is 127. The van der Waals surface area contributed by atoms with Gasteiger partial charge in [-0.25, -0.2) is 0 Å². The van der Waals surface area contributed by atoms with Gasteiger partial charge in [-0.2, -0.15) is 0 Å². The van der Waals surface area contributed by atoms with Gasteiger partial charge in [-0.1, -0.05) is 23.2 Å². The molecule has 0 atom stereocenters. The van der Waals surface area contributed by atoms with Gasteiger partial charge >= 0.3 is 0 Å². The summed E-state index contributed by atoms with van der Waals surface area (Å²) >= 11 is 18.9. The van der Waals surface area contributed by atoms with Crippen molar-refractivity contribution in [2.75, 3.05) is 5.88 Å². The number of carbonyl (C=O) groups excluding carboxylic acids is 1. The molecular formula is C8H4Cl3IO. The van der Waals surface area contributed by atoms with Gasteiger partial charge in [-0.15, -0.1) is 11.6 Å². The first-order valence-corrected chi connectivity index (χ1v) is 5.67. The van der Waals surface area contributed by atoms with Gasteiger partial charge in [0.25, 0.3) is 0 Å². The van der Waals surface area contributed by atoms with Crippen molar-refractivity contribution in [1.82, 2.24) is 0 Å². The fourth-order valence-electron chi connectivity index (χ4n) is 0.808. The molecule has 1 aromatic carbocycles. The SMILES string of the molecule is O=C(CCl)c1cc(Cl)c(Cl)cc1I. The molecule has 0 bridgehead atoms. The van der Waals surface area contributed by atoms with E-state index in [1.54, 1.807) is 6.07 Å². The van der Waals surface area contributed by atoms with Crippen LogP contribution in [0.15, 0.2) is 12.1 Å². The van der Waals surface area contributed by atoms with E-state index in [1.807, 2.05) is 22.6 Å². The maximum atomic E-state index is 11.3. The molecule has 0 saturated heterocycles. The first-order valence-electron chi connectivity index (χ1n) is 3.30. The first kappa shape index (κ1) is 11.6. The lowest BCUT2D eigenvalue weighted by Crippen LogP contribution is -2.02. The Balaban J connectivity index is 3.23. The number of ketones is 1. The first-order chi connectivity index (χ1) is 6.06.